The molecule has 0 amide bonds. The van der Waals surface area contributed by atoms with Crippen LogP contribution in [0.4, 0.5) is 0 Å². The average Bonchev–Trinajstić information content (AvgIpc) is 3.59. The fourth-order valence-corrected chi connectivity index (χ4v) is 7.74. The lowest BCUT2D eigenvalue weighted by Gasteiger charge is -2.33. The molecule has 3 aliphatic carbocycles. The monoisotopic (exact) mass is 483 g/mol. The average molecular weight is 484 g/mol. The van der Waals surface area contributed by atoms with E-state index >= 15 is 0 Å². The van der Waals surface area contributed by atoms with E-state index in [0.717, 1.165) is 12.8 Å². The maximum Gasteiger partial charge on any atom is 0.0688 e. The molecule has 0 N–H and O–H groups in total. The third kappa shape index (κ3) is 2.33. The zero-order chi connectivity index (χ0) is 24.8. The number of hydrogen-bond donors (Lipinski definition) is 0. The van der Waals surface area contributed by atoms with Gasteiger partial charge in [0.05, 0.1) is 16.4 Å². The molecule has 38 heavy (non-hydrogen) atoms. The van der Waals surface area contributed by atoms with Crippen molar-refractivity contribution in [3.05, 3.63) is 155 Å². The summed E-state index contributed by atoms with van der Waals surface area (Å²) in [5, 5.41) is 2.60. The lowest BCUT2D eigenvalue weighted by molar-refractivity contribution is 0.714. The van der Waals surface area contributed by atoms with Gasteiger partial charge in [-0.1, -0.05) is 103 Å². The second-order valence-corrected chi connectivity index (χ2v) is 10.8. The van der Waals surface area contributed by atoms with Crippen LogP contribution in [0, 0.1) is 0 Å². The minimum Gasteiger partial charge on any atom is -0.309 e. The second kappa shape index (κ2) is 7.24. The highest BCUT2D eigenvalue weighted by atomic mass is 15.0. The largest absolute Gasteiger partial charge is 0.309 e. The third-order valence-corrected chi connectivity index (χ3v) is 9.11. The van der Waals surface area contributed by atoms with E-state index in [0.29, 0.717) is 0 Å². The van der Waals surface area contributed by atoms with Crippen molar-refractivity contribution in [2.24, 2.45) is 0 Å². The molecule has 0 radical (unpaired) electrons. The number of rotatable bonds is 1. The van der Waals surface area contributed by atoms with Crippen LogP contribution in [0.1, 0.15) is 35.1 Å². The van der Waals surface area contributed by atoms with Gasteiger partial charge >= 0.3 is 0 Å². The molecule has 9 rings (SSSR count). The van der Waals surface area contributed by atoms with Crippen LogP contribution in [0.15, 0.2) is 133 Å². The number of para-hydroxylation sites is 2. The molecule has 178 valence electrons. The Bertz CT molecular complexity index is 1980. The van der Waals surface area contributed by atoms with Gasteiger partial charge in [-0.15, -0.1) is 0 Å². The predicted molar refractivity (Wildman–Crippen MR) is 158 cm³/mol. The van der Waals surface area contributed by atoms with Crippen molar-refractivity contribution in [3.63, 3.8) is 0 Å². The van der Waals surface area contributed by atoms with Gasteiger partial charge < -0.3 is 4.57 Å². The number of hydrogen-bond acceptors (Lipinski definition) is 0. The van der Waals surface area contributed by atoms with Gasteiger partial charge in [0.15, 0.2) is 0 Å². The van der Waals surface area contributed by atoms with Crippen LogP contribution in [0.5, 0.6) is 0 Å². The summed E-state index contributed by atoms with van der Waals surface area (Å²) in [4.78, 5) is 0. The summed E-state index contributed by atoms with van der Waals surface area (Å²) in [7, 11) is 0. The zero-order valence-electron chi connectivity index (χ0n) is 21.0. The standard InChI is InChI=1S/C37H25N/c1-6-16-31-25(11-1)26-12-2-7-17-32(26)37(31)33-18-8-3-13-27(33)30-23-24(21-22-34(30)37)38-35-19-9-4-14-28(35)29-15-5-10-20-36(29)38/h1-6,8-16,18-23H,7,17H2. The Morgan fingerprint density at radius 2 is 1.16 bits per heavy atom. The quantitative estimate of drug-likeness (QED) is 0.220. The summed E-state index contributed by atoms with van der Waals surface area (Å²) in [6.45, 7) is 0. The van der Waals surface area contributed by atoms with E-state index in [9.17, 15) is 0 Å². The fraction of sp³-hybridized carbons (Fsp3) is 0.0811. The molecule has 1 heterocycles. The summed E-state index contributed by atoms with van der Waals surface area (Å²) >= 11 is 0. The Kier molecular flexibility index (Phi) is 3.89. The molecular weight excluding hydrogens is 458 g/mol. The predicted octanol–water partition coefficient (Wildman–Crippen LogP) is 9.22. The van der Waals surface area contributed by atoms with E-state index in [2.05, 4.69) is 132 Å². The van der Waals surface area contributed by atoms with E-state index in [1.165, 1.54) is 66.4 Å². The van der Waals surface area contributed by atoms with Crippen molar-refractivity contribution >= 4 is 27.4 Å². The van der Waals surface area contributed by atoms with Gasteiger partial charge in [-0.2, -0.15) is 0 Å². The Balaban J connectivity index is 1.38. The molecule has 0 bridgehead atoms. The molecule has 1 heteroatoms. The highest BCUT2D eigenvalue weighted by Crippen LogP contribution is 2.63. The van der Waals surface area contributed by atoms with Gasteiger partial charge in [0.2, 0.25) is 0 Å². The molecule has 6 aromatic rings. The first kappa shape index (κ1) is 20.4. The number of aromatic nitrogens is 1. The molecule has 1 nitrogen and oxygen atoms in total. The van der Waals surface area contributed by atoms with Gasteiger partial charge in [-0.05, 0) is 81.6 Å². The van der Waals surface area contributed by atoms with Crippen LogP contribution in [0.3, 0.4) is 0 Å². The zero-order valence-corrected chi connectivity index (χ0v) is 21.0. The van der Waals surface area contributed by atoms with Crippen molar-refractivity contribution in [1.82, 2.24) is 4.57 Å². The number of nitrogens with zero attached hydrogens (tertiary/aromatic N) is 1. The van der Waals surface area contributed by atoms with Crippen LogP contribution < -0.4 is 0 Å². The van der Waals surface area contributed by atoms with Crippen molar-refractivity contribution in [2.75, 3.05) is 0 Å². The molecule has 0 saturated carbocycles. The van der Waals surface area contributed by atoms with Gasteiger partial charge in [0, 0.05) is 16.5 Å². The van der Waals surface area contributed by atoms with E-state index in [4.69, 9.17) is 0 Å². The second-order valence-electron chi connectivity index (χ2n) is 10.8. The molecular formula is C37H25N. The SMILES string of the molecule is C1=CC2=C(CC1)C1(c3ccccc32)c2ccccc2-c2cc(-n3c4ccccc4c4ccccc43)ccc21. The molecule has 0 fully saturated rings. The topological polar surface area (TPSA) is 4.93 Å². The summed E-state index contributed by atoms with van der Waals surface area (Å²) < 4.78 is 2.44. The molecule has 1 spiro atoms. The first-order valence-electron chi connectivity index (χ1n) is 13.6. The van der Waals surface area contributed by atoms with Crippen LogP contribution >= 0.6 is 0 Å². The van der Waals surface area contributed by atoms with Crippen LogP contribution in [0.25, 0.3) is 44.2 Å². The summed E-state index contributed by atoms with van der Waals surface area (Å²) in [6, 6.07) is 43.0. The Morgan fingerprint density at radius 3 is 1.92 bits per heavy atom. The third-order valence-electron chi connectivity index (χ3n) is 9.11. The van der Waals surface area contributed by atoms with E-state index in [1.54, 1.807) is 5.57 Å². The number of benzene rings is 5. The number of allylic oxidation sites excluding steroid dienone is 4. The van der Waals surface area contributed by atoms with Crippen LogP contribution in [-0.2, 0) is 5.41 Å². The molecule has 0 aliphatic heterocycles. The van der Waals surface area contributed by atoms with Gasteiger partial charge in [-0.3, -0.25) is 0 Å². The lowest BCUT2D eigenvalue weighted by atomic mass is 9.68. The molecule has 1 aromatic heterocycles. The molecule has 1 unspecified atom stereocenters. The normalized spacial score (nSPS) is 18.7. The first-order chi connectivity index (χ1) is 18.9. The Hall–Kier alpha value is -4.62. The lowest BCUT2D eigenvalue weighted by Crippen LogP contribution is -2.27. The summed E-state index contributed by atoms with van der Waals surface area (Å²) in [6.07, 6.45) is 6.93. The minimum absolute atomic E-state index is 0.206. The van der Waals surface area contributed by atoms with Crippen molar-refractivity contribution in [2.45, 2.75) is 18.3 Å². The molecule has 0 saturated heterocycles. The van der Waals surface area contributed by atoms with Gasteiger partial charge in [0.1, 0.15) is 0 Å². The van der Waals surface area contributed by atoms with Crippen molar-refractivity contribution in [3.8, 4) is 16.8 Å². The summed E-state index contributed by atoms with van der Waals surface area (Å²) in [5.41, 5.74) is 14.9. The highest BCUT2D eigenvalue weighted by Gasteiger charge is 2.52. The molecule has 1 atom stereocenters. The van der Waals surface area contributed by atoms with Crippen LogP contribution in [0.2, 0.25) is 0 Å². The minimum atomic E-state index is -0.206. The summed E-state index contributed by atoms with van der Waals surface area (Å²) in [5.74, 6) is 0. The van der Waals surface area contributed by atoms with Gasteiger partial charge in [-0.25, -0.2) is 0 Å². The molecule has 3 aliphatic rings. The highest BCUT2D eigenvalue weighted by molar-refractivity contribution is 6.09. The Morgan fingerprint density at radius 1 is 0.553 bits per heavy atom. The van der Waals surface area contributed by atoms with E-state index in [-0.39, 0.29) is 5.41 Å². The maximum absolute atomic E-state index is 2.45. The van der Waals surface area contributed by atoms with E-state index in [1.807, 2.05) is 0 Å². The number of fused-ring (bicyclic) bond motifs is 12. The molecule has 5 aromatic carbocycles. The fourth-order valence-electron chi connectivity index (χ4n) is 7.74. The maximum atomic E-state index is 2.45. The van der Waals surface area contributed by atoms with Crippen molar-refractivity contribution < 1.29 is 0 Å². The smallest absolute Gasteiger partial charge is 0.0688 e. The van der Waals surface area contributed by atoms with Gasteiger partial charge in [0.25, 0.3) is 0 Å². The van der Waals surface area contributed by atoms with Crippen LogP contribution in [-0.4, -0.2) is 4.57 Å². The van der Waals surface area contributed by atoms with E-state index < -0.39 is 0 Å². The van der Waals surface area contributed by atoms with Crippen molar-refractivity contribution in [1.29, 1.82) is 0 Å². The first-order valence-corrected chi connectivity index (χ1v) is 13.6. The Labute approximate surface area is 222 Å².